The van der Waals surface area contributed by atoms with E-state index in [2.05, 4.69) is 15.3 Å². The maximum absolute atomic E-state index is 13.4. The molecule has 0 spiro atoms. The lowest BCUT2D eigenvalue weighted by molar-refractivity contribution is -0.142. The second-order valence-corrected chi connectivity index (χ2v) is 8.58. The van der Waals surface area contributed by atoms with Gasteiger partial charge >= 0.3 is 5.97 Å². The Bertz CT molecular complexity index is 859. The molecule has 9 nitrogen and oxygen atoms in total. The molecule has 4 N–H and O–H groups in total. The van der Waals surface area contributed by atoms with Crippen molar-refractivity contribution >= 4 is 17.7 Å². The van der Waals surface area contributed by atoms with Gasteiger partial charge in [0.2, 0.25) is 0 Å². The Hall–Kier alpha value is -2.94. The summed E-state index contributed by atoms with van der Waals surface area (Å²) in [5, 5.41) is 12.7. The minimum Gasteiger partial charge on any atom is -0.480 e. The molecule has 1 amide bonds. The average Bonchev–Trinajstić information content (AvgIpc) is 3.17. The zero-order valence-corrected chi connectivity index (χ0v) is 18.2. The lowest BCUT2D eigenvalue weighted by Gasteiger charge is -2.30. The fourth-order valence-electron chi connectivity index (χ4n) is 2.88. The summed E-state index contributed by atoms with van der Waals surface area (Å²) in [5.41, 5.74) is 5.53. The number of carbonyl (C=O) groups is 2. The summed E-state index contributed by atoms with van der Waals surface area (Å²) < 4.78 is 5.34. The van der Waals surface area contributed by atoms with Crippen LogP contribution in [0.1, 0.15) is 56.6 Å². The lowest BCUT2D eigenvalue weighted by atomic mass is 9.95. The van der Waals surface area contributed by atoms with Crippen molar-refractivity contribution in [2.75, 3.05) is 18.4 Å². The first kappa shape index (κ1) is 23.3. The Morgan fingerprint density at radius 2 is 2.03 bits per heavy atom. The highest BCUT2D eigenvalue weighted by Gasteiger charge is 2.32. The van der Waals surface area contributed by atoms with Crippen LogP contribution >= 0.6 is 0 Å². The van der Waals surface area contributed by atoms with Crippen LogP contribution in [0.2, 0.25) is 0 Å². The third kappa shape index (κ3) is 5.79. The summed E-state index contributed by atoms with van der Waals surface area (Å²) in [6.45, 7) is 10.1. The third-order valence-electron chi connectivity index (χ3n) is 4.41. The van der Waals surface area contributed by atoms with Crippen molar-refractivity contribution in [3.05, 3.63) is 41.7 Å². The molecule has 9 heteroatoms. The van der Waals surface area contributed by atoms with Crippen molar-refractivity contribution in [3.63, 3.8) is 0 Å². The van der Waals surface area contributed by atoms with Crippen LogP contribution in [0.5, 0.6) is 0 Å². The number of carboxylic acid groups (broad SMARTS) is 1. The van der Waals surface area contributed by atoms with Crippen LogP contribution in [-0.4, -0.2) is 51.0 Å². The number of nitrogens with two attached hydrogens (primary N) is 1. The SMILES string of the molecule is CC(C)CN(C(=O)c1cnc(C(C)(C)C)nc1NCc1ccco1)[C@H](CN)C(=O)O. The number of nitrogens with zero attached hydrogens (tertiary/aromatic N) is 3. The number of furan rings is 1. The lowest BCUT2D eigenvalue weighted by Crippen LogP contribution is -2.50. The molecule has 0 bridgehead atoms. The van der Waals surface area contributed by atoms with Crippen LogP contribution in [0.25, 0.3) is 0 Å². The molecule has 0 saturated heterocycles. The van der Waals surface area contributed by atoms with E-state index in [9.17, 15) is 14.7 Å². The normalized spacial score (nSPS) is 12.6. The standard InChI is InChI=1S/C21H31N5O4/c1-13(2)12-26(16(9-22)19(28)29)18(27)15-11-24-20(21(3,4)5)25-17(15)23-10-14-7-6-8-30-14/h6-8,11,13,16H,9-10,12,22H2,1-5H3,(H,28,29)(H,23,24,25)/t16-/m1/s1. The Balaban J connectivity index is 2.46. The molecule has 0 unspecified atom stereocenters. The van der Waals surface area contributed by atoms with Gasteiger partial charge in [-0.15, -0.1) is 0 Å². The fourth-order valence-corrected chi connectivity index (χ4v) is 2.88. The average molecular weight is 418 g/mol. The predicted molar refractivity (Wildman–Crippen MR) is 113 cm³/mol. The third-order valence-corrected chi connectivity index (χ3v) is 4.41. The molecule has 2 aromatic heterocycles. The van der Waals surface area contributed by atoms with Crippen LogP contribution in [0, 0.1) is 5.92 Å². The monoisotopic (exact) mass is 417 g/mol. The van der Waals surface area contributed by atoms with Crippen molar-refractivity contribution in [3.8, 4) is 0 Å². The molecule has 164 valence electrons. The molecule has 0 fully saturated rings. The molecule has 2 rings (SSSR count). The van der Waals surface area contributed by atoms with E-state index >= 15 is 0 Å². The molecule has 1 atom stereocenters. The van der Waals surface area contributed by atoms with Gasteiger partial charge in [0.05, 0.1) is 12.8 Å². The van der Waals surface area contributed by atoms with Crippen molar-refractivity contribution in [2.24, 2.45) is 11.7 Å². The number of aromatic nitrogens is 2. The van der Waals surface area contributed by atoms with E-state index in [0.717, 1.165) is 0 Å². The Labute approximate surface area is 176 Å². The molecule has 2 heterocycles. The number of nitrogens with one attached hydrogen (secondary N) is 1. The van der Waals surface area contributed by atoms with Gasteiger partial charge in [-0.25, -0.2) is 14.8 Å². The summed E-state index contributed by atoms with van der Waals surface area (Å²) in [6.07, 6.45) is 3.01. The smallest absolute Gasteiger partial charge is 0.327 e. The maximum atomic E-state index is 13.4. The summed E-state index contributed by atoms with van der Waals surface area (Å²) in [5.74, 6) is -0.0191. The Kier molecular flexibility index (Phi) is 7.55. The number of hydrogen-bond donors (Lipinski definition) is 3. The molecule has 2 aromatic rings. The highest BCUT2D eigenvalue weighted by molar-refractivity contribution is 6.00. The van der Waals surface area contributed by atoms with Gasteiger partial charge in [0.15, 0.2) is 0 Å². The van der Waals surface area contributed by atoms with Gasteiger partial charge in [0.25, 0.3) is 5.91 Å². The second kappa shape index (κ2) is 9.71. The zero-order valence-electron chi connectivity index (χ0n) is 18.2. The number of amides is 1. The van der Waals surface area contributed by atoms with Crippen LogP contribution < -0.4 is 11.1 Å². The number of carboxylic acids is 1. The van der Waals surface area contributed by atoms with Crippen LogP contribution in [-0.2, 0) is 16.8 Å². The molecule has 0 aliphatic heterocycles. The number of aliphatic carboxylic acids is 1. The molecule has 0 radical (unpaired) electrons. The first-order valence-corrected chi connectivity index (χ1v) is 9.92. The largest absolute Gasteiger partial charge is 0.480 e. The van der Waals surface area contributed by atoms with Gasteiger partial charge in [-0.05, 0) is 18.1 Å². The van der Waals surface area contributed by atoms with Gasteiger partial charge < -0.3 is 25.5 Å². The van der Waals surface area contributed by atoms with E-state index in [-0.39, 0.29) is 30.0 Å². The minimum absolute atomic E-state index is 0.0524. The number of rotatable bonds is 9. The van der Waals surface area contributed by atoms with Crippen molar-refractivity contribution < 1.29 is 19.1 Å². The van der Waals surface area contributed by atoms with Gasteiger partial charge in [-0.3, -0.25) is 4.79 Å². The van der Waals surface area contributed by atoms with Crippen LogP contribution in [0.3, 0.4) is 0 Å². The molecule has 0 aromatic carbocycles. The van der Waals surface area contributed by atoms with E-state index in [0.29, 0.717) is 23.9 Å². The summed E-state index contributed by atoms with van der Waals surface area (Å²) >= 11 is 0. The molecule has 0 saturated carbocycles. The first-order valence-electron chi connectivity index (χ1n) is 9.92. The van der Waals surface area contributed by atoms with Crippen molar-refractivity contribution in [1.82, 2.24) is 14.9 Å². The minimum atomic E-state index is -1.15. The Morgan fingerprint density at radius 1 is 1.33 bits per heavy atom. The molecular formula is C21H31N5O4. The van der Waals surface area contributed by atoms with E-state index in [1.54, 1.807) is 18.4 Å². The molecular weight excluding hydrogens is 386 g/mol. The van der Waals surface area contributed by atoms with E-state index in [1.807, 2.05) is 34.6 Å². The summed E-state index contributed by atoms with van der Waals surface area (Å²) in [6, 6.07) is 2.44. The molecule has 0 aliphatic rings. The van der Waals surface area contributed by atoms with Crippen LogP contribution in [0.15, 0.2) is 29.0 Å². The molecule has 30 heavy (non-hydrogen) atoms. The van der Waals surface area contributed by atoms with Crippen LogP contribution in [0.4, 0.5) is 5.82 Å². The quantitative estimate of drug-likeness (QED) is 0.566. The Morgan fingerprint density at radius 3 is 2.53 bits per heavy atom. The molecule has 0 aliphatic carbocycles. The van der Waals surface area contributed by atoms with Gasteiger partial charge in [0, 0.05) is 24.7 Å². The highest BCUT2D eigenvalue weighted by atomic mass is 16.4. The van der Waals surface area contributed by atoms with Gasteiger partial charge in [0.1, 0.15) is 29.0 Å². The summed E-state index contributed by atoms with van der Waals surface area (Å²) in [7, 11) is 0. The predicted octanol–water partition coefficient (Wildman–Crippen LogP) is 2.49. The second-order valence-electron chi connectivity index (χ2n) is 8.58. The topological polar surface area (TPSA) is 135 Å². The van der Waals surface area contributed by atoms with E-state index < -0.39 is 17.9 Å². The first-order chi connectivity index (χ1) is 14.0. The fraction of sp³-hybridized carbons (Fsp3) is 0.524. The van der Waals surface area contributed by atoms with E-state index in [4.69, 9.17) is 10.2 Å². The van der Waals surface area contributed by atoms with Crippen molar-refractivity contribution in [1.29, 1.82) is 0 Å². The number of anilines is 1. The number of hydrogen-bond acceptors (Lipinski definition) is 7. The van der Waals surface area contributed by atoms with Crippen molar-refractivity contribution in [2.45, 2.75) is 52.6 Å². The number of carbonyl (C=O) groups excluding carboxylic acids is 1. The maximum Gasteiger partial charge on any atom is 0.327 e. The highest BCUT2D eigenvalue weighted by Crippen LogP contribution is 2.24. The van der Waals surface area contributed by atoms with Gasteiger partial charge in [-0.1, -0.05) is 34.6 Å². The summed E-state index contributed by atoms with van der Waals surface area (Å²) in [4.78, 5) is 35.3. The zero-order chi connectivity index (χ0) is 22.5. The van der Waals surface area contributed by atoms with Gasteiger partial charge in [-0.2, -0.15) is 0 Å². The van der Waals surface area contributed by atoms with E-state index in [1.165, 1.54) is 11.1 Å².